The van der Waals surface area contributed by atoms with Gasteiger partial charge in [-0.2, -0.15) is 0 Å². The number of aromatic carboxylic acids is 1. The molecule has 0 atom stereocenters. The average molecular weight is 316 g/mol. The largest absolute Gasteiger partial charge is 0.478 e. The second kappa shape index (κ2) is 6.42. The summed E-state index contributed by atoms with van der Waals surface area (Å²) in [6.07, 6.45) is 0.740. The normalized spacial score (nSPS) is 12.3. The molecule has 0 saturated heterocycles. The van der Waals surface area contributed by atoms with E-state index in [2.05, 4.69) is 4.72 Å². The number of carboxylic acid groups (broad SMARTS) is 1. The Bertz CT molecular complexity index is 623. The molecular weight excluding hydrogens is 296 g/mol. The van der Waals surface area contributed by atoms with E-state index in [4.69, 9.17) is 10.8 Å². The van der Waals surface area contributed by atoms with Crippen LogP contribution in [0.15, 0.2) is 23.1 Å². The van der Waals surface area contributed by atoms with Gasteiger partial charge in [-0.15, -0.1) is 0 Å². The number of benzene rings is 1. The number of carboxylic acids is 1. The summed E-state index contributed by atoms with van der Waals surface area (Å²) in [5.41, 5.74) is 4.13. The third-order valence-corrected chi connectivity index (χ3v) is 4.87. The highest BCUT2D eigenvalue weighted by Crippen LogP contribution is 2.20. The lowest BCUT2D eigenvalue weighted by Gasteiger charge is -2.25. The predicted molar refractivity (Wildman–Crippen MR) is 78.5 cm³/mol. The van der Waals surface area contributed by atoms with E-state index in [1.165, 1.54) is 6.07 Å². The van der Waals surface area contributed by atoms with Crippen LogP contribution in [0, 0.1) is 0 Å². The quantitative estimate of drug-likeness (QED) is 0.550. The van der Waals surface area contributed by atoms with Gasteiger partial charge in [0, 0.05) is 12.2 Å². The molecule has 0 bridgehead atoms. The summed E-state index contributed by atoms with van der Waals surface area (Å²) in [5, 5.41) is 19.2. The van der Waals surface area contributed by atoms with Crippen LogP contribution in [0.2, 0.25) is 0 Å². The number of nitrogens with two attached hydrogens (primary N) is 1. The summed E-state index contributed by atoms with van der Waals surface area (Å²) in [6, 6.07) is 3.54. The van der Waals surface area contributed by atoms with E-state index in [1.54, 1.807) is 13.8 Å². The van der Waals surface area contributed by atoms with Gasteiger partial charge in [0.05, 0.1) is 16.1 Å². The molecule has 0 unspecified atom stereocenters. The van der Waals surface area contributed by atoms with Gasteiger partial charge in [-0.1, -0.05) is 13.8 Å². The third-order valence-electron chi connectivity index (χ3n) is 3.43. The van der Waals surface area contributed by atoms with Crippen molar-refractivity contribution in [1.29, 1.82) is 0 Å². The SMILES string of the molecule is CCC(O)(CC)CNS(=O)(=O)c1cc(N)ccc1C(=O)O. The Morgan fingerprint density at radius 1 is 1.33 bits per heavy atom. The van der Waals surface area contributed by atoms with Crippen LogP contribution in [0.1, 0.15) is 37.0 Å². The van der Waals surface area contributed by atoms with Crippen LogP contribution in [0.4, 0.5) is 5.69 Å². The van der Waals surface area contributed by atoms with Crippen molar-refractivity contribution in [2.24, 2.45) is 0 Å². The predicted octanol–water partition coefficient (Wildman–Crippen LogP) is 0.796. The fourth-order valence-corrected chi connectivity index (χ4v) is 3.10. The van der Waals surface area contributed by atoms with E-state index in [0.29, 0.717) is 12.8 Å². The van der Waals surface area contributed by atoms with E-state index >= 15 is 0 Å². The highest BCUT2D eigenvalue weighted by Gasteiger charge is 2.28. The minimum absolute atomic E-state index is 0.140. The summed E-state index contributed by atoms with van der Waals surface area (Å²) in [7, 11) is -4.08. The molecule has 8 heteroatoms. The molecule has 0 fully saturated rings. The van der Waals surface area contributed by atoms with Crippen LogP contribution in [0.5, 0.6) is 0 Å². The van der Waals surface area contributed by atoms with Crippen molar-refractivity contribution in [3.63, 3.8) is 0 Å². The Morgan fingerprint density at radius 2 is 1.90 bits per heavy atom. The first-order valence-electron chi connectivity index (χ1n) is 6.50. The van der Waals surface area contributed by atoms with E-state index in [-0.39, 0.29) is 17.8 Å². The summed E-state index contributed by atoms with van der Waals surface area (Å²) < 4.78 is 26.7. The molecule has 0 spiro atoms. The van der Waals surface area contributed by atoms with Gasteiger partial charge in [0.2, 0.25) is 10.0 Å². The van der Waals surface area contributed by atoms with Gasteiger partial charge < -0.3 is 15.9 Å². The molecule has 0 radical (unpaired) electrons. The lowest BCUT2D eigenvalue weighted by atomic mass is 9.98. The second-order valence-electron chi connectivity index (χ2n) is 4.82. The number of sulfonamides is 1. The van der Waals surface area contributed by atoms with Gasteiger partial charge in [0.25, 0.3) is 0 Å². The van der Waals surface area contributed by atoms with E-state index in [1.807, 2.05) is 0 Å². The Balaban J connectivity index is 3.14. The van der Waals surface area contributed by atoms with Gasteiger partial charge >= 0.3 is 5.97 Å². The molecule has 0 saturated carbocycles. The molecule has 0 aliphatic heterocycles. The van der Waals surface area contributed by atoms with Crippen molar-refractivity contribution >= 4 is 21.7 Å². The number of nitrogens with one attached hydrogen (secondary N) is 1. The number of nitrogen functional groups attached to an aromatic ring is 1. The topological polar surface area (TPSA) is 130 Å². The summed E-state index contributed by atoms with van der Waals surface area (Å²) >= 11 is 0. The summed E-state index contributed by atoms with van der Waals surface area (Å²) in [6.45, 7) is 3.28. The van der Waals surface area contributed by atoms with Gasteiger partial charge in [-0.3, -0.25) is 0 Å². The van der Waals surface area contributed by atoms with Crippen molar-refractivity contribution in [2.75, 3.05) is 12.3 Å². The van der Waals surface area contributed by atoms with Crippen molar-refractivity contribution < 1.29 is 23.4 Å². The van der Waals surface area contributed by atoms with E-state index in [0.717, 1.165) is 12.1 Å². The lowest BCUT2D eigenvalue weighted by molar-refractivity contribution is 0.0377. The Morgan fingerprint density at radius 3 is 2.38 bits per heavy atom. The molecule has 1 aromatic rings. The number of carbonyl (C=O) groups is 1. The molecule has 0 amide bonds. The molecule has 1 aromatic carbocycles. The maximum atomic E-state index is 12.2. The Labute approximate surface area is 123 Å². The zero-order valence-electron chi connectivity index (χ0n) is 12.0. The van der Waals surface area contributed by atoms with Gasteiger partial charge in [0.15, 0.2) is 0 Å². The fourth-order valence-electron chi connectivity index (χ4n) is 1.75. The van der Waals surface area contributed by atoms with E-state index in [9.17, 15) is 18.3 Å². The molecule has 21 heavy (non-hydrogen) atoms. The van der Waals surface area contributed by atoms with Crippen LogP contribution < -0.4 is 10.5 Å². The highest BCUT2D eigenvalue weighted by molar-refractivity contribution is 7.89. The average Bonchev–Trinajstić information content (AvgIpc) is 2.44. The minimum Gasteiger partial charge on any atom is -0.478 e. The molecule has 7 nitrogen and oxygen atoms in total. The molecule has 0 aromatic heterocycles. The standard InChI is InChI=1S/C13H20N2O5S/c1-3-13(18,4-2)8-15-21(19,20)11-7-9(14)5-6-10(11)12(16)17/h5-7,15,18H,3-4,8,14H2,1-2H3,(H,16,17). The smallest absolute Gasteiger partial charge is 0.337 e. The number of rotatable bonds is 7. The monoisotopic (exact) mass is 316 g/mol. The minimum atomic E-state index is -4.08. The van der Waals surface area contributed by atoms with Crippen molar-refractivity contribution in [1.82, 2.24) is 4.72 Å². The number of aliphatic hydroxyl groups is 1. The molecule has 0 aliphatic carbocycles. The van der Waals surface area contributed by atoms with Crippen LogP contribution in [0.3, 0.4) is 0 Å². The zero-order valence-corrected chi connectivity index (χ0v) is 12.8. The molecule has 118 valence electrons. The first-order valence-corrected chi connectivity index (χ1v) is 7.98. The Hall–Kier alpha value is -1.64. The molecular formula is C13H20N2O5S. The number of hydrogen-bond acceptors (Lipinski definition) is 5. The zero-order chi connectivity index (χ0) is 16.3. The Kier molecular flexibility index (Phi) is 5.32. The second-order valence-corrected chi connectivity index (χ2v) is 6.55. The van der Waals surface area contributed by atoms with Gasteiger partial charge in [-0.25, -0.2) is 17.9 Å². The van der Waals surface area contributed by atoms with Gasteiger partial charge in [0.1, 0.15) is 0 Å². The maximum absolute atomic E-state index is 12.2. The molecule has 0 aliphatic rings. The van der Waals surface area contributed by atoms with Crippen LogP contribution >= 0.6 is 0 Å². The van der Waals surface area contributed by atoms with Gasteiger partial charge in [-0.05, 0) is 31.0 Å². The maximum Gasteiger partial charge on any atom is 0.337 e. The first kappa shape index (κ1) is 17.4. The van der Waals surface area contributed by atoms with Crippen molar-refractivity contribution in [3.05, 3.63) is 23.8 Å². The molecule has 5 N–H and O–H groups in total. The molecule has 1 rings (SSSR count). The third kappa shape index (κ3) is 4.16. The molecule has 0 heterocycles. The van der Waals surface area contributed by atoms with E-state index < -0.39 is 26.5 Å². The lowest BCUT2D eigenvalue weighted by Crippen LogP contribution is -2.42. The fraction of sp³-hybridized carbons (Fsp3) is 0.462. The van der Waals surface area contributed by atoms with Crippen LogP contribution in [-0.4, -0.2) is 36.7 Å². The number of hydrogen-bond donors (Lipinski definition) is 4. The van der Waals surface area contributed by atoms with Crippen LogP contribution in [-0.2, 0) is 10.0 Å². The van der Waals surface area contributed by atoms with Crippen molar-refractivity contribution in [2.45, 2.75) is 37.2 Å². The van der Waals surface area contributed by atoms with Crippen molar-refractivity contribution in [3.8, 4) is 0 Å². The summed E-state index contributed by atoms with van der Waals surface area (Å²) in [4.78, 5) is 10.7. The summed E-state index contributed by atoms with van der Waals surface area (Å²) in [5.74, 6) is -1.36. The number of anilines is 1. The first-order chi connectivity index (χ1) is 9.65. The van der Waals surface area contributed by atoms with Crippen LogP contribution in [0.25, 0.3) is 0 Å². The highest BCUT2D eigenvalue weighted by atomic mass is 32.2.